The van der Waals surface area contributed by atoms with Crippen LogP contribution < -0.4 is 0 Å². The molecule has 1 unspecified atom stereocenters. The Morgan fingerprint density at radius 2 is 1.24 bits per heavy atom. The normalized spacial score (nSPS) is 17.8. The zero-order valence-corrected chi connectivity index (χ0v) is 8.75. The molecule has 0 nitrogen and oxygen atoms in total. The Balaban J connectivity index is 5.54. The molecule has 0 radical (unpaired) electrons. The molecule has 0 aliphatic heterocycles. The smallest absolute Gasteiger partial charge is 0.230 e. The molecule has 0 aromatic rings. The van der Waals surface area contributed by atoms with Crippen molar-refractivity contribution in [3.63, 3.8) is 0 Å². The van der Waals surface area contributed by atoms with Gasteiger partial charge in [0.25, 0.3) is 6.17 Å². The van der Waals surface area contributed by atoms with Crippen LogP contribution in [-0.4, -0.2) is 24.2 Å². The standard InChI is InChI=1S/C6HCl2F9/c7-1(2(8)9)4(11,12)5(13,14)3(10)6(15,16)17/h3H. The van der Waals surface area contributed by atoms with Gasteiger partial charge in [-0.15, -0.1) is 0 Å². The minimum atomic E-state index is -6.30. The summed E-state index contributed by atoms with van der Waals surface area (Å²) in [6.07, 6.45) is -11.5. The van der Waals surface area contributed by atoms with Crippen LogP contribution in [0.1, 0.15) is 0 Å². The highest BCUT2D eigenvalue weighted by atomic mass is 35.5. The molecule has 0 aromatic carbocycles. The zero-order valence-electron chi connectivity index (χ0n) is 7.23. The van der Waals surface area contributed by atoms with E-state index < -0.39 is 34.5 Å². The molecular formula is C6HCl2F9. The summed E-state index contributed by atoms with van der Waals surface area (Å²) in [7, 11) is 0. The second-order valence-electron chi connectivity index (χ2n) is 2.68. The maximum atomic E-state index is 12.6. The maximum absolute atomic E-state index is 12.6. The van der Waals surface area contributed by atoms with E-state index in [1.807, 2.05) is 0 Å². The average Bonchev–Trinajstić information content (AvgIpc) is 2.13. The van der Waals surface area contributed by atoms with Crippen LogP contribution in [0.4, 0.5) is 39.5 Å². The van der Waals surface area contributed by atoms with Crippen LogP contribution in [0.5, 0.6) is 0 Å². The number of halogens is 11. The first-order valence-corrected chi connectivity index (χ1v) is 4.19. The Morgan fingerprint density at radius 1 is 0.882 bits per heavy atom. The van der Waals surface area contributed by atoms with Crippen molar-refractivity contribution in [1.82, 2.24) is 0 Å². The van der Waals surface area contributed by atoms with E-state index in [1.165, 1.54) is 0 Å². The molecule has 1 atom stereocenters. The summed E-state index contributed by atoms with van der Waals surface area (Å²) in [5.74, 6) is -12.2. The van der Waals surface area contributed by atoms with Crippen molar-refractivity contribution in [2.75, 3.05) is 0 Å². The fourth-order valence-electron chi connectivity index (χ4n) is 0.630. The van der Waals surface area contributed by atoms with Crippen molar-refractivity contribution in [2.24, 2.45) is 0 Å². The quantitative estimate of drug-likeness (QED) is 0.658. The zero-order chi connectivity index (χ0) is 14.2. The Hall–Kier alpha value is -0.310. The summed E-state index contributed by atoms with van der Waals surface area (Å²) in [4.78, 5) is 0. The topological polar surface area (TPSA) is 0 Å². The van der Waals surface area contributed by atoms with E-state index in [0.717, 1.165) is 0 Å². The summed E-state index contributed by atoms with van der Waals surface area (Å²) in [6, 6.07) is 0. The molecule has 0 saturated carbocycles. The molecule has 0 rings (SSSR count). The van der Waals surface area contributed by atoms with Gasteiger partial charge in [0.15, 0.2) is 0 Å². The van der Waals surface area contributed by atoms with Crippen molar-refractivity contribution in [3.8, 4) is 0 Å². The van der Waals surface area contributed by atoms with Crippen LogP contribution in [0.2, 0.25) is 0 Å². The second-order valence-corrected chi connectivity index (χ2v) is 3.39. The molecule has 102 valence electrons. The highest BCUT2D eigenvalue weighted by molar-refractivity contribution is 6.38. The van der Waals surface area contributed by atoms with E-state index in [4.69, 9.17) is 0 Å². The van der Waals surface area contributed by atoms with Gasteiger partial charge in [-0.25, -0.2) is 4.39 Å². The van der Waals surface area contributed by atoms with Crippen LogP contribution in [0.25, 0.3) is 0 Å². The number of alkyl halides is 8. The van der Waals surface area contributed by atoms with Gasteiger partial charge in [-0.3, -0.25) is 0 Å². The lowest BCUT2D eigenvalue weighted by Gasteiger charge is -2.29. The number of hydrogen-bond acceptors (Lipinski definition) is 0. The predicted octanol–water partition coefficient (Wildman–Crippen LogP) is 4.77. The van der Waals surface area contributed by atoms with Gasteiger partial charge in [0, 0.05) is 0 Å². The van der Waals surface area contributed by atoms with Gasteiger partial charge in [-0.1, -0.05) is 11.6 Å². The van der Waals surface area contributed by atoms with Gasteiger partial charge in [0.2, 0.25) is 5.29 Å². The number of hydrogen-bond donors (Lipinski definition) is 0. The lowest BCUT2D eigenvalue weighted by molar-refractivity contribution is -0.294. The van der Waals surface area contributed by atoms with Crippen molar-refractivity contribution in [2.45, 2.75) is 24.2 Å². The van der Waals surface area contributed by atoms with Crippen LogP contribution in [0.3, 0.4) is 0 Å². The van der Waals surface area contributed by atoms with Gasteiger partial charge in [-0.05, 0) is 11.6 Å². The third-order valence-electron chi connectivity index (χ3n) is 1.47. The highest BCUT2D eigenvalue weighted by Gasteiger charge is 2.71. The molecular weight excluding hydrogens is 314 g/mol. The van der Waals surface area contributed by atoms with E-state index >= 15 is 0 Å². The first kappa shape index (κ1) is 16.7. The molecule has 0 heterocycles. The number of rotatable bonds is 3. The second kappa shape index (κ2) is 4.75. The van der Waals surface area contributed by atoms with E-state index in [2.05, 4.69) is 23.2 Å². The lowest BCUT2D eigenvalue weighted by atomic mass is 10.1. The minimum absolute atomic E-state index is 2.56. The Kier molecular flexibility index (Phi) is 4.67. The third kappa shape index (κ3) is 3.12. The molecule has 17 heavy (non-hydrogen) atoms. The molecule has 0 amide bonds. The van der Waals surface area contributed by atoms with E-state index in [9.17, 15) is 39.5 Å². The summed E-state index contributed by atoms with van der Waals surface area (Å²) < 4.78 is 109. The van der Waals surface area contributed by atoms with E-state index in [1.54, 1.807) is 0 Å². The monoisotopic (exact) mass is 314 g/mol. The van der Waals surface area contributed by atoms with E-state index in [-0.39, 0.29) is 0 Å². The van der Waals surface area contributed by atoms with Crippen LogP contribution in [0.15, 0.2) is 10.3 Å². The molecule has 0 fully saturated rings. The van der Waals surface area contributed by atoms with Gasteiger partial charge in [-0.2, -0.15) is 35.1 Å². The summed E-state index contributed by atoms with van der Waals surface area (Å²) in [5.41, 5.74) is 0. The molecule has 11 heteroatoms. The first-order chi connectivity index (χ1) is 7.26. The maximum Gasteiger partial charge on any atom is 0.425 e. The van der Waals surface area contributed by atoms with Crippen LogP contribution >= 0.6 is 23.2 Å². The SMILES string of the molecule is FC(Cl)=C(Cl)C(F)(F)C(F)(F)C(F)C(F)(F)F. The molecule has 0 bridgehead atoms. The van der Waals surface area contributed by atoms with Crippen molar-refractivity contribution in [1.29, 1.82) is 0 Å². The number of allylic oxidation sites excluding steroid dienone is 1. The third-order valence-corrected chi connectivity index (χ3v) is 2.15. The summed E-state index contributed by atoms with van der Waals surface area (Å²) >= 11 is 8.50. The minimum Gasteiger partial charge on any atom is -0.230 e. The highest BCUT2D eigenvalue weighted by Crippen LogP contribution is 2.49. The molecule has 0 aliphatic carbocycles. The molecule has 0 spiro atoms. The Morgan fingerprint density at radius 3 is 1.47 bits per heavy atom. The summed E-state index contributed by atoms with van der Waals surface area (Å²) in [6.45, 7) is 0. The Bertz CT molecular complexity index is 314. The van der Waals surface area contributed by atoms with Crippen molar-refractivity contribution >= 4 is 23.2 Å². The fraction of sp³-hybridized carbons (Fsp3) is 0.667. The van der Waals surface area contributed by atoms with Gasteiger partial charge in [0.1, 0.15) is 5.03 Å². The van der Waals surface area contributed by atoms with Gasteiger partial charge < -0.3 is 0 Å². The Labute approximate surface area is 98.0 Å². The van der Waals surface area contributed by atoms with Crippen molar-refractivity contribution in [3.05, 3.63) is 10.3 Å². The van der Waals surface area contributed by atoms with Crippen molar-refractivity contribution < 1.29 is 39.5 Å². The van der Waals surface area contributed by atoms with Gasteiger partial charge in [0.05, 0.1) is 0 Å². The average molecular weight is 315 g/mol. The molecule has 0 saturated heterocycles. The molecule has 0 aromatic heterocycles. The molecule has 0 N–H and O–H groups in total. The lowest BCUT2D eigenvalue weighted by Crippen LogP contribution is -2.53. The van der Waals surface area contributed by atoms with Gasteiger partial charge >= 0.3 is 18.0 Å². The first-order valence-electron chi connectivity index (χ1n) is 3.44. The van der Waals surface area contributed by atoms with Crippen LogP contribution in [0, 0.1) is 0 Å². The molecule has 0 aliphatic rings. The van der Waals surface area contributed by atoms with E-state index in [0.29, 0.717) is 0 Å². The summed E-state index contributed by atoms with van der Waals surface area (Å²) in [5, 5.41) is -5.28. The largest absolute Gasteiger partial charge is 0.425 e. The predicted molar refractivity (Wildman–Crippen MR) is 40.7 cm³/mol. The fourth-order valence-corrected chi connectivity index (χ4v) is 0.874. The van der Waals surface area contributed by atoms with Crippen LogP contribution in [-0.2, 0) is 0 Å².